The van der Waals surface area contributed by atoms with Crippen molar-refractivity contribution in [3.63, 3.8) is 0 Å². The number of fused-ring (bicyclic) bond motifs is 1. The number of hydrogen-bond donors (Lipinski definition) is 1. The number of ketones is 1. The van der Waals surface area contributed by atoms with Gasteiger partial charge in [-0.2, -0.15) is 0 Å². The number of furan rings is 1. The van der Waals surface area contributed by atoms with E-state index in [1.807, 2.05) is 12.1 Å². The Kier molecular flexibility index (Phi) is 5.37. The lowest BCUT2D eigenvalue weighted by molar-refractivity contribution is 0.0988. The topological polar surface area (TPSA) is 85.2 Å². The zero-order valence-corrected chi connectivity index (χ0v) is 17.3. The quantitative estimate of drug-likeness (QED) is 0.662. The average molecular weight is 393 g/mol. The van der Waals surface area contributed by atoms with Gasteiger partial charge in [-0.25, -0.2) is 4.98 Å². The molecule has 6 nitrogen and oxygen atoms in total. The van der Waals surface area contributed by atoms with E-state index >= 15 is 0 Å². The fraction of sp³-hybridized carbons (Fsp3) is 0.435. The number of anilines is 1. The van der Waals surface area contributed by atoms with E-state index in [9.17, 15) is 4.79 Å². The van der Waals surface area contributed by atoms with Crippen LogP contribution in [0.4, 0.5) is 5.69 Å². The van der Waals surface area contributed by atoms with Crippen molar-refractivity contribution in [2.75, 3.05) is 18.0 Å². The third-order valence-electron chi connectivity index (χ3n) is 5.61. The Bertz CT molecular complexity index is 1020. The Morgan fingerprint density at radius 1 is 1.31 bits per heavy atom. The van der Waals surface area contributed by atoms with Crippen molar-refractivity contribution in [3.05, 3.63) is 53.7 Å². The van der Waals surface area contributed by atoms with Crippen LogP contribution in [-0.2, 0) is 6.42 Å². The fourth-order valence-corrected chi connectivity index (χ4v) is 4.22. The number of pyridine rings is 2. The summed E-state index contributed by atoms with van der Waals surface area (Å²) in [7, 11) is 0. The minimum Gasteiger partial charge on any atom is -0.462 e. The summed E-state index contributed by atoms with van der Waals surface area (Å²) in [6.07, 6.45) is 6.59. The first-order valence-electron chi connectivity index (χ1n) is 10.3. The van der Waals surface area contributed by atoms with Crippen molar-refractivity contribution in [1.82, 2.24) is 9.97 Å². The SMILES string of the molecule is CC(C)c1coc2ccc(C(=O)Cc3cnccc3N3C[C@H](C)C[C@H](N)C3)nc12. The van der Waals surface area contributed by atoms with Gasteiger partial charge in [0.1, 0.15) is 11.2 Å². The molecule has 1 saturated heterocycles. The average Bonchev–Trinajstić information content (AvgIpc) is 3.11. The molecule has 3 aromatic rings. The summed E-state index contributed by atoms with van der Waals surface area (Å²) >= 11 is 0. The third kappa shape index (κ3) is 4.03. The number of aromatic nitrogens is 2. The molecule has 0 radical (unpaired) electrons. The Balaban J connectivity index is 1.61. The number of rotatable bonds is 5. The molecule has 0 aromatic carbocycles. The van der Waals surface area contributed by atoms with E-state index in [2.05, 4.69) is 35.6 Å². The van der Waals surface area contributed by atoms with Crippen LogP contribution in [0.2, 0.25) is 0 Å². The molecular formula is C23H28N4O2. The highest BCUT2D eigenvalue weighted by Gasteiger charge is 2.25. The molecule has 0 unspecified atom stereocenters. The molecule has 29 heavy (non-hydrogen) atoms. The Labute approximate surface area is 171 Å². The van der Waals surface area contributed by atoms with Crippen molar-refractivity contribution in [2.24, 2.45) is 11.7 Å². The lowest BCUT2D eigenvalue weighted by atomic mass is 9.95. The summed E-state index contributed by atoms with van der Waals surface area (Å²) < 4.78 is 5.58. The minimum absolute atomic E-state index is 0.0218. The molecule has 2 N–H and O–H groups in total. The minimum atomic E-state index is -0.0218. The van der Waals surface area contributed by atoms with E-state index in [-0.39, 0.29) is 24.2 Å². The van der Waals surface area contributed by atoms with Crippen molar-refractivity contribution in [2.45, 2.75) is 45.6 Å². The number of carbonyl (C=O) groups is 1. The van der Waals surface area contributed by atoms with Gasteiger partial charge in [0.15, 0.2) is 11.4 Å². The van der Waals surface area contributed by atoms with Gasteiger partial charge in [-0.3, -0.25) is 9.78 Å². The first-order valence-corrected chi connectivity index (χ1v) is 10.3. The van der Waals surface area contributed by atoms with Crippen LogP contribution in [0, 0.1) is 5.92 Å². The van der Waals surface area contributed by atoms with E-state index in [1.54, 1.807) is 24.7 Å². The van der Waals surface area contributed by atoms with Crippen LogP contribution in [0.25, 0.3) is 11.1 Å². The number of hydrogen-bond acceptors (Lipinski definition) is 6. The maximum atomic E-state index is 13.1. The zero-order valence-electron chi connectivity index (χ0n) is 17.3. The van der Waals surface area contributed by atoms with Crippen molar-refractivity contribution in [1.29, 1.82) is 0 Å². The van der Waals surface area contributed by atoms with Crippen molar-refractivity contribution >= 4 is 22.6 Å². The van der Waals surface area contributed by atoms with Gasteiger partial charge >= 0.3 is 0 Å². The second-order valence-electron chi connectivity index (χ2n) is 8.50. The van der Waals surface area contributed by atoms with E-state index < -0.39 is 0 Å². The molecular weight excluding hydrogens is 364 g/mol. The van der Waals surface area contributed by atoms with E-state index in [1.165, 1.54) is 0 Å². The largest absolute Gasteiger partial charge is 0.462 e. The summed E-state index contributed by atoms with van der Waals surface area (Å²) in [5.41, 5.74) is 11.2. The number of Topliss-reactive ketones (excluding diaryl/α,β-unsaturated/α-hetero) is 1. The molecule has 3 aromatic heterocycles. The normalized spacial score (nSPS) is 19.8. The molecule has 0 spiro atoms. The monoisotopic (exact) mass is 392 g/mol. The van der Waals surface area contributed by atoms with E-state index in [0.29, 0.717) is 17.2 Å². The molecule has 152 valence electrons. The van der Waals surface area contributed by atoms with Gasteiger partial charge in [-0.05, 0) is 36.5 Å². The molecule has 0 saturated carbocycles. The van der Waals surface area contributed by atoms with Gasteiger partial charge in [0.25, 0.3) is 0 Å². The van der Waals surface area contributed by atoms with Crippen LogP contribution in [0.5, 0.6) is 0 Å². The predicted molar refractivity (Wildman–Crippen MR) is 114 cm³/mol. The molecule has 1 aliphatic rings. The molecule has 4 rings (SSSR count). The summed E-state index contributed by atoms with van der Waals surface area (Å²) in [6, 6.07) is 5.70. The molecule has 1 fully saturated rings. The second kappa shape index (κ2) is 7.95. The molecule has 0 amide bonds. The van der Waals surface area contributed by atoms with Crippen LogP contribution < -0.4 is 10.6 Å². The first-order chi connectivity index (χ1) is 13.9. The number of nitrogens with zero attached hydrogens (tertiary/aromatic N) is 3. The highest BCUT2D eigenvalue weighted by atomic mass is 16.3. The van der Waals surface area contributed by atoms with Gasteiger partial charge in [0, 0.05) is 54.8 Å². The molecule has 6 heteroatoms. The predicted octanol–water partition coefficient (Wildman–Crippen LogP) is 3.95. The standard InChI is InChI=1S/C23H28N4O2/c1-14(2)18-13-29-22-5-4-19(26-23(18)22)21(28)9-16-10-25-7-6-20(16)27-11-15(3)8-17(24)12-27/h4-7,10,13-15,17H,8-9,11-12,24H2,1-3H3/t15-,17+/m1/s1. The first kappa shape index (κ1) is 19.6. The van der Waals surface area contributed by atoms with Gasteiger partial charge in [-0.1, -0.05) is 20.8 Å². The molecule has 1 aliphatic heterocycles. The number of carbonyl (C=O) groups excluding carboxylic acids is 1. The van der Waals surface area contributed by atoms with E-state index in [4.69, 9.17) is 10.2 Å². The fourth-order valence-electron chi connectivity index (χ4n) is 4.22. The van der Waals surface area contributed by atoms with Crippen LogP contribution in [0.1, 0.15) is 54.7 Å². The van der Waals surface area contributed by atoms with Crippen molar-refractivity contribution < 1.29 is 9.21 Å². The number of nitrogens with two attached hydrogens (primary N) is 1. The lowest BCUT2D eigenvalue weighted by Gasteiger charge is -2.37. The Hall–Kier alpha value is -2.73. The summed E-state index contributed by atoms with van der Waals surface area (Å²) in [5, 5.41) is 0. The highest BCUT2D eigenvalue weighted by Crippen LogP contribution is 2.28. The van der Waals surface area contributed by atoms with Gasteiger partial charge in [0.2, 0.25) is 0 Å². The number of piperidine rings is 1. The maximum Gasteiger partial charge on any atom is 0.185 e. The highest BCUT2D eigenvalue weighted by molar-refractivity contribution is 5.98. The van der Waals surface area contributed by atoms with E-state index in [0.717, 1.165) is 41.8 Å². The smallest absolute Gasteiger partial charge is 0.185 e. The molecule has 4 heterocycles. The van der Waals surface area contributed by atoms with Crippen LogP contribution in [0.3, 0.4) is 0 Å². The van der Waals surface area contributed by atoms with Crippen LogP contribution in [-0.4, -0.2) is 34.9 Å². The van der Waals surface area contributed by atoms with Crippen LogP contribution in [0.15, 0.2) is 41.3 Å². The third-order valence-corrected chi connectivity index (χ3v) is 5.61. The summed E-state index contributed by atoms with van der Waals surface area (Å²) in [4.78, 5) is 24.2. The Morgan fingerprint density at radius 3 is 2.90 bits per heavy atom. The lowest BCUT2D eigenvalue weighted by Crippen LogP contribution is -2.46. The van der Waals surface area contributed by atoms with Gasteiger partial charge < -0.3 is 15.1 Å². The second-order valence-corrected chi connectivity index (χ2v) is 8.50. The van der Waals surface area contributed by atoms with Crippen LogP contribution >= 0.6 is 0 Å². The molecule has 2 atom stereocenters. The maximum absolute atomic E-state index is 13.1. The summed E-state index contributed by atoms with van der Waals surface area (Å²) in [6.45, 7) is 8.14. The van der Waals surface area contributed by atoms with Gasteiger partial charge in [0.05, 0.1) is 6.26 Å². The Morgan fingerprint density at radius 2 is 2.14 bits per heavy atom. The molecule has 0 bridgehead atoms. The van der Waals surface area contributed by atoms with Gasteiger partial charge in [-0.15, -0.1) is 0 Å². The summed E-state index contributed by atoms with van der Waals surface area (Å²) in [5.74, 6) is 0.783. The zero-order chi connectivity index (χ0) is 20.5. The molecule has 0 aliphatic carbocycles. The van der Waals surface area contributed by atoms with Crippen molar-refractivity contribution in [3.8, 4) is 0 Å².